The summed E-state index contributed by atoms with van der Waals surface area (Å²) in [6.07, 6.45) is 4.69. The summed E-state index contributed by atoms with van der Waals surface area (Å²) in [6.45, 7) is 5.69. The minimum atomic E-state index is 0.476. The van der Waals surface area contributed by atoms with Gasteiger partial charge in [-0.05, 0) is 44.4 Å². The predicted molar refractivity (Wildman–Crippen MR) is 74.6 cm³/mol. The molecule has 0 bridgehead atoms. The Kier molecular flexibility index (Phi) is 3.08. The highest BCUT2D eigenvalue weighted by molar-refractivity contribution is 5.75. The van der Waals surface area contributed by atoms with Crippen LogP contribution in [0.1, 0.15) is 32.7 Å². The average molecular weight is 243 g/mol. The summed E-state index contributed by atoms with van der Waals surface area (Å²) >= 11 is 0. The lowest BCUT2D eigenvalue weighted by molar-refractivity contribution is 0.366. The van der Waals surface area contributed by atoms with Crippen molar-refractivity contribution in [1.29, 1.82) is 0 Å². The van der Waals surface area contributed by atoms with Crippen LogP contribution in [0.2, 0.25) is 0 Å². The van der Waals surface area contributed by atoms with Gasteiger partial charge < -0.3 is 9.88 Å². The monoisotopic (exact) mass is 243 g/mol. The van der Waals surface area contributed by atoms with Crippen LogP contribution in [0.5, 0.6) is 0 Å². The highest BCUT2D eigenvalue weighted by Crippen LogP contribution is 2.24. The molecule has 1 N–H and O–H groups in total. The summed E-state index contributed by atoms with van der Waals surface area (Å²) in [5.41, 5.74) is 2.33. The number of imidazole rings is 1. The zero-order valence-corrected chi connectivity index (χ0v) is 11.1. The van der Waals surface area contributed by atoms with Crippen molar-refractivity contribution in [2.75, 3.05) is 6.54 Å². The molecule has 1 aliphatic rings. The number of hydrogen-bond donors (Lipinski definition) is 1. The first kappa shape index (κ1) is 11.7. The quantitative estimate of drug-likeness (QED) is 0.875. The molecule has 18 heavy (non-hydrogen) atoms. The van der Waals surface area contributed by atoms with Gasteiger partial charge in [0.15, 0.2) is 0 Å². The number of aromatic nitrogens is 2. The Bertz CT molecular complexity index is 527. The molecule has 0 saturated heterocycles. The molecule has 2 atom stereocenters. The lowest BCUT2D eigenvalue weighted by Crippen LogP contribution is -2.28. The standard InChI is InChI=1S/C15H21N3/c1-11(9-16-13-7-8-13)12(2)18-10-17-14-5-3-4-6-15(14)18/h3-6,10-13,16H,7-9H2,1-2H3. The zero-order valence-electron chi connectivity index (χ0n) is 11.1. The number of para-hydroxylation sites is 2. The molecule has 0 spiro atoms. The van der Waals surface area contributed by atoms with Gasteiger partial charge in [-0.2, -0.15) is 0 Å². The van der Waals surface area contributed by atoms with Gasteiger partial charge in [-0.15, -0.1) is 0 Å². The maximum Gasteiger partial charge on any atom is 0.0960 e. The molecule has 1 aromatic heterocycles. The van der Waals surface area contributed by atoms with Crippen LogP contribution >= 0.6 is 0 Å². The topological polar surface area (TPSA) is 29.9 Å². The third kappa shape index (κ3) is 2.27. The molecule has 2 unspecified atom stereocenters. The van der Waals surface area contributed by atoms with E-state index in [4.69, 9.17) is 0 Å². The van der Waals surface area contributed by atoms with E-state index in [1.54, 1.807) is 0 Å². The average Bonchev–Trinajstić information content (AvgIpc) is 3.13. The first-order valence-corrected chi connectivity index (χ1v) is 6.90. The molecule has 1 heterocycles. The Morgan fingerprint density at radius 1 is 1.33 bits per heavy atom. The Morgan fingerprint density at radius 2 is 2.11 bits per heavy atom. The van der Waals surface area contributed by atoms with Crippen LogP contribution in [0.25, 0.3) is 11.0 Å². The predicted octanol–water partition coefficient (Wildman–Crippen LogP) is 2.99. The van der Waals surface area contributed by atoms with Gasteiger partial charge in [0.25, 0.3) is 0 Å². The Balaban J connectivity index is 1.75. The molecule has 1 aromatic carbocycles. The van der Waals surface area contributed by atoms with Crippen LogP contribution in [0, 0.1) is 5.92 Å². The molecule has 2 aromatic rings. The van der Waals surface area contributed by atoms with Gasteiger partial charge in [0.2, 0.25) is 0 Å². The number of rotatable bonds is 5. The molecule has 1 fully saturated rings. The molecular formula is C15H21N3. The maximum absolute atomic E-state index is 4.47. The SMILES string of the molecule is CC(CNC1CC1)C(C)n1cnc2ccccc21. The molecule has 96 valence electrons. The summed E-state index contributed by atoms with van der Waals surface area (Å²) in [5.74, 6) is 0.614. The van der Waals surface area contributed by atoms with Crippen LogP contribution in [0.4, 0.5) is 0 Å². The summed E-state index contributed by atoms with van der Waals surface area (Å²) < 4.78 is 2.30. The van der Waals surface area contributed by atoms with Gasteiger partial charge in [-0.3, -0.25) is 0 Å². The van der Waals surface area contributed by atoms with Crippen LogP contribution in [0.15, 0.2) is 30.6 Å². The van der Waals surface area contributed by atoms with Crippen molar-refractivity contribution in [2.45, 2.75) is 38.8 Å². The lowest BCUT2D eigenvalue weighted by atomic mass is 10.0. The molecule has 3 nitrogen and oxygen atoms in total. The fourth-order valence-electron chi connectivity index (χ4n) is 2.39. The Hall–Kier alpha value is -1.35. The highest BCUT2D eigenvalue weighted by Gasteiger charge is 2.23. The van der Waals surface area contributed by atoms with Crippen molar-refractivity contribution in [3.05, 3.63) is 30.6 Å². The van der Waals surface area contributed by atoms with Gasteiger partial charge in [0.1, 0.15) is 0 Å². The number of hydrogen-bond acceptors (Lipinski definition) is 2. The number of fused-ring (bicyclic) bond motifs is 1. The Labute approximate surface area is 108 Å². The zero-order chi connectivity index (χ0) is 12.5. The van der Waals surface area contributed by atoms with Gasteiger partial charge in [0, 0.05) is 12.1 Å². The molecule has 3 heteroatoms. The van der Waals surface area contributed by atoms with E-state index in [1.807, 2.05) is 12.4 Å². The first-order chi connectivity index (χ1) is 8.75. The van der Waals surface area contributed by atoms with E-state index in [2.05, 4.69) is 46.9 Å². The van der Waals surface area contributed by atoms with Crippen molar-refractivity contribution >= 4 is 11.0 Å². The van der Waals surface area contributed by atoms with E-state index in [0.717, 1.165) is 18.1 Å². The third-order valence-corrected chi connectivity index (χ3v) is 4.05. The van der Waals surface area contributed by atoms with E-state index >= 15 is 0 Å². The van der Waals surface area contributed by atoms with Crippen molar-refractivity contribution in [2.24, 2.45) is 5.92 Å². The van der Waals surface area contributed by atoms with E-state index in [0.29, 0.717) is 12.0 Å². The van der Waals surface area contributed by atoms with Crippen molar-refractivity contribution in [1.82, 2.24) is 14.9 Å². The largest absolute Gasteiger partial charge is 0.327 e. The van der Waals surface area contributed by atoms with Crippen LogP contribution < -0.4 is 5.32 Å². The number of nitrogens with zero attached hydrogens (tertiary/aromatic N) is 2. The molecule has 1 saturated carbocycles. The van der Waals surface area contributed by atoms with E-state index < -0.39 is 0 Å². The second-order valence-corrected chi connectivity index (χ2v) is 5.54. The van der Waals surface area contributed by atoms with Crippen LogP contribution in [-0.4, -0.2) is 22.1 Å². The second kappa shape index (κ2) is 4.73. The normalized spacial score (nSPS) is 19.0. The van der Waals surface area contributed by atoms with Crippen LogP contribution in [-0.2, 0) is 0 Å². The van der Waals surface area contributed by atoms with Crippen molar-refractivity contribution in [3.63, 3.8) is 0 Å². The second-order valence-electron chi connectivity index (χ2n) is 5.54. The summed E-state index contributed by atoms with van der Waals surface area (Å²) in [4.78, 5) is 4.47. The van der Waals surface area contributed by atoms with Gasteiger partial charge in [-0.1, -0.05) is 19.1 Å². The van der Waals surface area contributed by atoms with E-state index in [1.165, 1.54) is 18.4 Å². The molecule has 1 aliphatic carbocycles. The molecule has 0 amide bonds. The molecule has 0 aliphatic heterocycles. The minimum absolute atomic E-state index is 0.476. The summed E-state index contributed by atoms with van der Waals surface area (Å²) in [5, 5.41) is 3.61. The Morgan fingerprint density at radius 3 is 2.89 bits per heavy atom. The van der Waals surface area contributed by atoms with Gasteiger partial charge in [0.05, 0.1) is 17.4 Å². The van der Waals surface area contributed by atoms with Crippen molar-refractivity contribution < 1.29 is 0 Å². The van der Waals surface area contributed by atoms with Gasteiger partial charge >= 0.3 is 0 Å². The number of benzene rings is 1. The fraction of sp³-hybridized carbons (Fsp3) is 0.533. The van der Waals surface area contributed by atoms with Crippen LogP contribution in [0.3, 0.4) is 0 Å². The third-order valence-electron chi connectivity index (χ3n) is 4.05. The summed E-state index contributed by atoms with van der Waals surface area (Å²) in [6, 6.07) is 9.62. The minimum Gasteiger partial charge on any atom is -0.327 e. The first-order valence-electron chi connectivity index (χ1n) is 6.90. The highest BCUT2D eigenvalue weighted by atomic mass is 15.1. The molecule has 3 rings (SSSR count). The number of nitrogens with one attached hydrogen (secondary N) is 1. The smallest absolute Gasteiger partial charge is 0.0960 e. The van der Waals surface area contributed by atoms with E-state index in [9.17, 15) is 0 Å². The van der Waals surface area contributed by atoms with Crippen molar-refractivity contribution in [3.8, 4) is 0 Å². The summed E-state index contributed by atoms with van der Waals surface area (Å²) in [7, 11) is 0. The van der Waals surface area contributed by atoms with E-state index in [-0.39, 0.29) is 0 Å². The lowest BCUT2D eigenvalue weighted by Gasteiger charge is -2.22. The maximum atomic E-state index is 4.47. The molecular weight excluding hydrogens is 222 g/mol. The fourth-order valence-corrected chi connectivity index (χ4v) is 2.39. The van der Waals surface area contributed by atoms with Gasteiger partial charge in [-0.25, -0.2) is 4.98 Å². The molecule has 0 radical (unpaired) electrons.